The van der Waals surface area contributed by atoms with E-state index in [1.807, 2.05) is 0 Å². The van der Waals surface area contributed by atoms with Gasteiger partial charge in [-0.2, -0.15) is 0 Å². The zero-order valence-electron chi connectivity index (χ0n) is 14.0. The first-order valence-electron chi connectivity index (χ1n) is 7.30. The molecular formula is C15H34N2O2. The lowest BCUT2D eigenvalue weighted by molar-refractivity contribution is 0.0490. The van der Waals surface area contributed by atoms with Crippen LogP contribution in [-0.4, -0.2) is 63.0 Å². The highest BCUT2D eigenvalue weighted by Gasteiger charge is 2.20. The Morgan fingerprint density at radius 3 is 2.16 bits per heavy atom. The molecule has 0 saturated heterocycles. The smallest absolute Gasteiger partial charge is 0.0615 e. The van der Waals surface area contributed by atoms with Crippen LogP contribution in [0.15, 0.2) is 0 Å². The number of hydrogen-bond acceptors (Lipinski definition) is 4. The largest absolute Gasteiger partial charge is 0.383 e. The van der Waals surface area contributed by atoms with Crippen LogP contribution < -0.4 is 5.32 Å². The molecule has 0 heterocycles. The van der Waals surface area contributed by atoms with Gasteiger partial charge in [-0.05, 0) is 47.6 Å². The van der Waals surface area contributed by atoms with Crippen molar-refractivity contribution in [1.29, 1.82) is 0 Å². The summed E-state index contributed by atoms with van der Waals surface area (Å²) >= 11 is 0. The molecule has 0 spiro atoms. The molecule has 0 aliphatic rings. The Hall–Kier alpha value is -0.160. The first-order chi connectivity index (χ1) is 8.81. The lowest BCUT2D eigenvalue weighted by Crippen LogP contribution is -2.46. The Morgan fingerprint density at radius 2 is 1.68 bits per heavy atom. The maximum absolute atomic E-state index is 5.28. The van der Waals surface area contributed by atoms with Crippen molar-refractivity contribution in [2.45, 2.75) is 58.7 Å². The summed E-state index contributed by atoms with van der Waals surface area (Å²) in [4.78, 5) is 2.47. The Morgan fingerprint density at radius 1 is 1.05 bits per heavy atom. The second-order valence-electron chi connectivity index (χ2n) is 6.35. The normalized spacial score (nSPS) is 15.8. The number of nitrogens with one attached hydrogen (secondary N) is 1. The predicted octanol–water partition coefficient (Wildman–Crippen LogP) is 2.14. The summed E-state index contributed by atoms with van der Waals surface area (Å²) in [6, 6.07) is 0.944. The fraction of sp³-hybridized carbons (Fsp3) is 1.00. The third-order valence-corrected chi connectivity index (χ3v) is 3.31. The molecule has 0 fully saturated rings. The van der Waals surface area contributed by atoms with Crippen LogP contribution in [0, 0.1) is 0 Å². The summed E-state index contributed by atoms with van der Waals surface area (Å²) in [5.41, 5.74) is 0.190. The van der Waals surface area contributed by atoms with Gasteiger partial charge in [0.1, 0.15) is 0 Å². The van der Waals surface area contributed by atoms with Crippen molar-refractivity contribution < 1.29 is 9.47 Å². The first kappa shape index (κ1) is 18.8. The fourth-order valence-electron chi connectivity index (χ4n) is 2.23. The van der Waals surface area contributed by atoms with E-state index in [0.29, 0.717) is 12.1 Å². The van der Waals surface area contributed by atoms with Gasteiger partial charge in [0, 0.05) is 38.4 Å². The number of rotatable bonds is 10. The van der Waals surface area contributed by atoms with Crippen LogP contribution in [0.1, 0.15) is 41.0 Å². The predicted molar refractivity (Wildman–Crippen MR) is 81.8 cm³/mol. The molecule has 0 aliphatic heterocycles. The zero-order valence-corrected chi connectivity index (χ0v) is 14.0. The average molecular weight is 274 g/mol. The maximum Gasteiger partial charge on any atom is 0.0615 e. The Kier molecular flexibility index (Phi) is 9.62. The van der Waals surface area contributed by atoms with Crippen LogP contribution in [-0.2, 0) is 9.47 Å². The SMILES string of the molecule is COCCN(C(C)CCNC(C)(C)C)C(C)COC. The minimum Gasteiger partial charge on any atom is -0.383 e. The minimum absolute atomic E-state index is 0.190. The topological polar surface area (TPSA) is 33.7 Å². The molecule has 116 valence electrons. The lowest BCUT2D eigenvalue weighted by atomic mass is 10.1. The molecular weight excluding hydrogens is 240 g/mol. The van der Waals surface area contributed by atoms with Crippen molar-refractivity contribution in [3.05, 3.63) is 0 Å². The van der Waals surface area contributed by atoms with E-state index in [0.717, 1.165) is 32.7 Å². The molecule has 19 heavy (non-hydrogen) atoms. The molecule has 0 bridgehead atoms. The van der Waals surface area contributed by atoms with E-state index >= 15 is 0 Å². The standard InChI is InChI=1S/C15H34N2O2/c1-13(8-9-16-15(3,4)5)17(10-11-18-6)14(2)12-19-7/h13-14,16H,8-12H2,1-7H3. The van der Waals surface area contributed by atoms with Gasteiger partial charge in [0.2, 0.25) is 0 Å². The van der Waals surface area contributed by atoms with E-state index < -0.39 is 0 Å². The van der Waals surface area contributed by atoms with Crippen molar-refractivity contribution in [3.8, 4) is 0 Å². The highest BCUT2D eigenvalue weighted by molar-refractivity contribution is 4.77. The van der Waals surface area contributed by atoms with Crippen LogP contribution >= 0.6 is 0 Å². The van der Waals surface area contributed by atoms with Crippen molar-refractivity contribution in [1.82, 2.24) is 10.2 Å². The molecule has 0 saturated carbocycles. The summed E-state index contributed by atoms with van der Waals surface area (Å²) in [6.07, 6.45) is 1.13. The van der Waals surface area contributed by atoms with Gasteiger partial charge in [-0.1, -0.05) is 0 Å². The number of hydrogen-bond donors (Lipinski definition) is 1. The van der Waals surface area contributed by atoms with Crippen LogP contribution in [0.3, 0.4) is 0 Å². The number of methoxy groups -OCH3 is 2. The molecule has 0 rings (SSSR count). The van der Waals surface area contributed by atoms with E-state index in [1.165, 1.54) is 0 Å². The molecule has 0 amide bonds. The van der Waals surface area contributed by atoms with E-state index in [1.54, 1.807) is 14.2 Å². The Balaban J connectivity index is 4.24. The van der Waals surface area contributed by atoms with Gasteiger partial charge in [-0.25, -0.2) is 0 Å². The van der Waals surface area contributed by atoms with Crippen LogP contribution in [0.5, 0.6) is 0 Å². The van der Waals surface area contributed by atoms with Crippen LogP contribution in [0.4, 0.5) is 0 Å². The van der Waals surface area contributed by atoms with E-state index in [9.17, 15) is 0 Å². The van der Waals surface area contributed by atoms with Crippen molar-refractivity contribution in [3.63, 3.8) is 0 Å². The summed E-state index contributed by atoms with van der Waals surface area (Å²) in [5.74, 6) is 0. The third-order valence-electron chi connectivity index (χ3n) is 3.31. The van der Waals surface area contributed by atoms with Crippen LogP contribution in [0.2, 0.25) is 0 Å². The molecule has 2 atom stereocenters. The molecule has 0 aromatic rings. The second kappa shape index (κ2) is 9.70. The lowest BCUT2D eigenvalue weighted by Gasteiger charge is -2.34. The quantitative estimate of drug-likeness (QED) is 0.662. The van der Waals surface area contributed by atoms with Gasteiger partial charge in [-0.3, -0.25) is 4.90 Å². The van der Waals surface area contributed by atoms with E-state index in [2.05, 4.69) is 44.8 Å². The Bertz CT molecular complexity index is 217. The summed E-state index contributed by atoms with van der Waals surface area (Å²) in [7, 11) is 3.52. The summed E-state index contributed by atoms with van der Waals surface area (Å²) < 4.78 is 10.5. The molecule has 4 nitrogen and oxygen atoms in total. The van der Waals surface area contributed by atoms with Gasteiger partial charge in [0.05, 0.1) is 13.2 Å². The van der Waals surface area contributed by atoms with Crippen LogP contribution in [0.25, 0.3) is 0 Å². The van der Waals surface area contributed by atoms with Crippen molar-refractivity contribution >= 4 is 0 Å². The van der Waals surface area contributed by atoms with Gasteiger partial charge < -0.3 is 14.8 Å². The maximum atomic E-state index is 5.28. The van der Waals surface area contributed by atoms with Gasteiger partial charge in [0.15, 0.2) is 0 Å². The fourth-order valence-corrected chi connectivity index (χ4v) is 2.23. The molecule has 0 aromatic carbocycles. The molecule has 0 radical (unpaired) electrons. The van der Waals surface area contributed by atoms with Gasteiger partial charge in [0.25, 0.3) is 0 Å². The molecule has 1 N–H and O–H groups in total. The monoisotopic (exact) mass is 274 g/mol. The summed E-state index contributed by atoms with van der Waals surface area (Å²) in [6.45, 7) is 14.6. The zero-order chi connectivity index (χ0) is 14.9. The number of ether oxygens (including phenoxy) is 2. The van der Waals surface area contributed by atoms with Crippen molar-refractivity contribution in [2.75, 3.05) is 40.5 Å². The van der Waals surface area contributed by atoms with E-state index in [-0.39, 0.29) is 5.54 Å². The Labute approximate surface area is 119 Å². The highest BCUT2D eigenvalue weighted by Crippen LogP contribution is 2.10. The summed E-state index contributed by atoms with van der Waals surface area (Å²) in [5, 5.41) is 3.55. The third kappa shape index (κ3) is 9.38. The van der Waals surface area contributed by atoms with Gasteiger partial charge in [-0.15, -0.1) is 0 Å². The first-order valence-corrected chi connectivity index (χ1v) is 7.30. The molecule has 2 unspecified atom stereocenters. The highest BCUT2D eigenvalue weighted by atomic mass is 16.5. The number of nitrogens with zero attached hydrogens (tertiary/aromatic N) is 1. The average Bonchev–Trinajstić information content (AvgIpc) is 2.28. The molecule has 0 aliphatic carbocycles. The minimum atomic E-state index is 0.190. The molecule has 0 aromatic heterocycles. The molecule has 4 heteroatoms. The van der Waals surface area contributed by atoms with Gasteiger partial charge >= 0.3 is 0 Å². The van der Waals surface area contributed by atoms with Crippen molar-refractivity contribution in [2.24, 2.45) is 0 Å². The van der Waals surface area contributed by atoms with E-state index in [4.69, 9.17) is 9.47 Å². The second-order valence-corrected chi connectivity index (χ2v) is 6.35.